The summed E-state index contributed by atoms with van der Waals surface area (Å²) in [6.07, 6.45) is 4.55. The molecule has 2 amide bonds. The summed E-state index contributed by atoms with van der Waals surface area (Å²) in [7, 11) is 1.67. The molecule has 35 heavy (non-hydrogen) atoms. The monoisotopic (exact) mass is 481 g/mol. The molecule has 9 nitrogen and oxygen atoms in total. The van der Waals surface area contributed by atoms with Crippen LogP contribution in [0.5, 0.6) is 5.75 Å². The van der Waals surface area contributed by atoms with E-state index < -0.39 is 0 Å². The van der Waals surface area contributed by atoms with Gasteiger partial charge in [-0.25, -0.2) is 4.79 Å². The molecule has 5 rings (SSSR count). The van der Waals surface area contributed by atoms with Gasteiger partial charge in [0.25, 0.3) is 5.91 Å². The van der Waals surface area contributed by atoms with Crippen molar-refractivity contribution in [2.45, 2.75) is 64.2 Å². The van der Waals surface area contributed by atoms with Gasteiger partial charge in [-0.2, -0.15) is 5.10 Å². The average Bonchev–Trinajstić information content (AvgIpc) is 3.63. The predicted molar refractivity (Wildman–Crippen MR) is 131 cm³/mol. The van der Waals surface area contributed by atoms with E-state index in [-0.39, 0.29) is 18.0 Å². The van der Waals surface area contributed by atoms with Crippen molar-refractivity contribution >= 4 is 12.0 Å². The molecule has 0 radical (unpaired) electrons. The minimum atomic E-state index is -0.218. The van der Waals surface area contributed by atoms with Crippen LogP contribution in [0, 0.1) is 0 Å². The number of carbonyl (C=O) groups is 2. The Morgan fingerprint density at radius 1 is 1.14 bits per heavy atom. The van der Waals surface area contributed by atoms with Crippen LogP contribution in [0.2, 0.25) is 0 Å². The lowest BCUT2D eigenvalue weighted by molar-refractivity contribution is 0.0700. The number of hydrogen-bond donors (Lipinski definition) is 1. The van der Waals surface area contributed by atoms with Gasteiger partial charge in [-0.3, -0.25) is 14.4 Å². The zero-order valence-electron chi connectivity index (χ0n) is 20.7. The number of nitrogens with zero attached hydrogens (tertiary/aromatic N) is 4. The van der Waals surface area contributed by atoms with Crippen LogP contribution in [0.25, 0.3) is 0 Å². The van der Waals surface area contributed by atoms with Crippen LogP contribution in [-0.2, 0) is 24.2 Å². The fourth-order valence-electron chi connectivity index (χ4n) is 5.19. The Kier molecular flexibility index (Phi) is 6.95. The highest BCUT2D eigenvalue weighted by Crippen LogP contribution is 2.29. The first-order chi connectivity index (χ1) is 17.1. The number of rotatable bonds is 7. The first-order valence-corrected chi connectivity index (χ1v) is 12.7. The number of fused-ring (bicyclic) bond motifs is 1. The number of piperidine rings is 1. The van der Waals surface area contributed by atoms with Crippen LogP contribution in [0.4, 0.5) is 4.79 Å². The van der Waals surface area contributed by atoms with Crippen molar-refractivity contribution in [1.82, 2.24) is 24.9 Å². The van der Waals surface area contributed by atoms with Gasteiger partial charge in [0.15, 0.2) is 5.69 Å². The lowest BCUT2D eigenvalue weighted by Crippen LogP contribution is -2.48. The predicted octanol–water partition coefficient (Wildman–Crippen LogP) is 2.81. The van der Waals surface area contributed by atoms with Gasteiger partial charge in [0.05, 0.1) is 20.3 Å². The Bertz CT molecular complexity index is 1070. The second-order valence-electron chi connectivity index (χ2n) is 9.67. The Labute approximate surface area is 206 Å². The van der Waals surface area contributed by atoms with E-state index in [2.05, 4.69) is 16.3 Å². The summed E-state index contributed by atoms with van der Waals surface area (Å²) in [5, 5.41) is 7.96. The van der Waals surface area contributed by atoms with Crippen molar-refractivity contribution in [2.75, 3.05) is 33.4 Å². The molecule has 3 aliphatic rings. The largest absolute Gasteiger partial charge is 0.497 e. The summed E-state index contributed by atoms with van der Waals surface area (Å²) in [5.74, 6) is 0.752. The van der Waals surface area contributed by atoms with E-state index in [0.29, 0.717) is 44.5 Å². The van der Waals surface area contributed by atoms with Gasteiger partial charge in [-0.05, 0) is 50.3 Å². The van der Waals surface area contributed by atoms with Crippen LogP contribution < -0.4 is 10.1 Å². The number of aromatic nitrogens is 2. The molecule has 0 bridgehead atoms. The first kappa shape index (κ1) is 23.7. The molecule has 0 atom stereocenters. The van der Waals surface area contributed by atoms with E-state index in [1.54, 1.807) is 12.0 Å². The highest BCUT2D eigenvalue weighted by Gasteiger charge is 2.34. The normalized spacial score (nSPS) is 18.7. The van der Waals surface area contributed by atoms with Gasteiger partial charge in [0.2, 0.25) is 0 Å². The fourth-order valence-corrected chi connectivity index (χ4v) is 5.19. The molecule has 3 heterocycles. The molecule has 9 heteroatoms. The molecule has 1 saturated heterocycles. The maximum Gasteiger partial charge on any atom is 0.409 e. The Balaban J connectivity index is 1.33. The molecule has 0 unspecified atom stereocenters. The number of methoxy groups -OCH3 is 1. The molecule has 1 N–H and O–H groups in total. The molecule has 0 spiro atoms. The third kappa shape index (κ3) is 5.29. The Morgan fingerprint density at radius 2 is 1.94 bits per heavy atom. The van der Waals surface area contributed by atoms with Gasteiger partial charge in [0.1, 0.15) is 5.75 Å². The summed E-state index contributed by atoms with van der Waals surface area (Å²) in [6.45, 7) is 5.89. The van der Waals surface area contributed by atoms with Crippen molar-refractivity contribution in [2.24, 2.45) is 0 Å². The average molecular weight is 482 g/mol. The van der Waals surface area contributed by atoms with Crippen LogP contribution in [0.1, 0.15) is 59.9 Å². The quantitative estimate of drug-likeness (QED) is 0.654. The maximum atomic E-state index is 13.1. The highest BCUT2D eigenvalue weighted by molar-refractivity contribution is 5.94. The van der Waals surface area contributed by atoms with Gasteiger partial charge in [-0.15, -0.1) is 0 Å². The number of likely N-dealkylation sites (tertiary alicyclic amines) is 1. The minimum absolute atomic E-state index is 0.0628. The Morgan fingerprint density at radius 3 is 2.66 bits per heavy atom. The summed E-state index contributed by atoms with van der Waals surface area (Å²) in [5.41, 5.74) is 3.85. The van der Waals surface area contributed by atoms with Crippen LogP contribution >= 0.6 is 0 Å². The standard InChI is InChI=1S/C26H35N5O4/c1-3-35-26(33)29-12-9-20(10-13-29)30-14-11-23-22(17-30)24(25(32)27-19-7-8-19)28-31(23)16-18-5-4-6-21(15-18)34-2/h4-6,15,19-20H,3,7-14,16-17H2,1-2H3,(H,27,32). The molecule has 2 aromatic rings. The lowest BCUT2D eigenvalue weighted by atomic mass is 9.97. The molecular weight excluding hydrogens is 446 g/mol. The van der Waals surface area contributed by atoms with Gasteiger partial charge < -0.3 is 19.7 Å². The van der Waals surface area contributed by atoms with Gasteiger partial charge >= 0.3 is 6.09 Å². The molecule has 1 aliphatic carbocycles. The van der Waals surface area contributed by atoms with Crippen LogP contribution in [0.15, 0.2) is 24.3 Å². The summed E-state index contributed by atoms with van der Waals surface area (Å²) < 4.78 is 12.6. The third-order valence-electron chi connectivity index (χ3n) is 7.26. The van der Waals surface area contributed by atoms with Crippen molar-refractivity contribution < 1.29 is 19.1 Å². The molecule has 1 aromatic carbocycles. The zero-order chi connectivity index (χ0) is 24.4. The number of ether oxygens (including phenoxy) is 2. The molecule has 2 aliphatic heterocycles. The highest BCUT2D eigenvalue weighted by atomic mass is 16.6. The van der Waals surface area contributed by atoms with E-state index in [1.165, 1.54) is 0 Å². The molecule has 2 fully saturated rings. The smallest absolute Gasteiger partial charge is 0.409 e. The molecule has 188 valence electrons. The van der Waals surface area contributed by atoms with Crippen molar-refractivity contribution in [1.29, 1.82) is 0 Å². The second-order valence-corrected chi connectivity index (χ2v) is 9.67. The number of hydrogen-bond acceptors (Lipinski definition) is 6. The lowest BCUT2D eigenvalue weighted by Gasteiger charge is -2.39. The molecular formula is C26H35N5O4. The van der Waals surface area contributed by atoms with E-state index >= 15 is 0 Å². The van der Waals surface area contributed by atoms with E-state index in [4.69, 9.17) is 14.6 Å². The fraction of sp³-hybridized carbons (Fsp3) is 0.577. The van der Waals surface area contributed by atoms with Crippen molar-refractivity contribution in [3.05, 3.63) is 46.8 Å². The van der Waals surface area contributed by atoms with Crippen molar-refractivity contribution in [3.63, 3.8) is 0 Å². The summed E-state index contributed by atoms with van der Waals surface area (Å²) >= 11 is 0. The number of benzene rings is 1. The molecule has 1 aromatic heterocycles. The number of carbonyl (C=O) groups excluding carboxylic acids is 2. The minimum Gasteiger partial charge on any atom is -0.497 e. The molecule has 1 saturated carbocycles. The Hall–Kier alpha value is -3.07. The van der Waals surface area contributed by atoms with Crippen LogP contribution in [-0.4, -0.2) is 77.0 Å². The summed E-state index contributed by atoms with van der Waals surface area (Å²) in [6, 6.07) is 8.66. The summed E-state index contributed by atoms with van der Waals surface area (Å²) in [4.78, 5) is 29.5. The van der Waals surface area contributed by atoms with E-state index in [9.17, 15) is 9.59 Å². The topological polar surface area (TPSA) is 88.9 Å². The van der Waals surface area contributed by atoms with E-state index in [0.717, 1.165) is 61.2 Å². The van der Waals surface area contributed by atoms with Gasteiger partial charge in [-0.1, -0.05) is 12.1 Å². The third-order valence-corrected chi connectivity index (χ3v) is 7.26. The number of nitrogens with one attached hydrogen (secondary N) is 1. The maximum absolute atomic E-state index is 13.1. The SMILES string of the molecule is CCOC(=O)N1CCC(N2CCc3c(c(C(=O)NC4CC4)nn3Cc3cccc(OC)c3)C2)CC1. The van der Waals surface area contributed by atoms with Gasteiger partial charge in [0, 0.05) is 55.9 Å². The number of amides is 2. The van der Waals surface area contributed by atoms with Crippen LogP contribution in [0.3, 0.4) is 0 Å². The first-order valence-electron chi connectivity index (χ1n) is 12.7. The van der Waals surface area contributed by atoms with E-state index in [1.807, 2.05) is 29.8 Å². The van der Waals surface area contributed by atoms with Crippen molar-refractivity contribution in [3.8, 4) is 5.75 Å². The second kappa shape index (κ2) is 10.3. The zero-order valence-corrected chi connectivity index (χ0v) is 20.7.